The Morgan fingerprint density at radius 3 is 2.38 bits per heavy atom. The normalized spacial score (nSPS) is 17.4. The van der Waals surface area contributed by atoms with Gasteiger partial charge in [0.05, 0.1) is 7.11 Å². The van der Waals surface area contributed by atoms with E-state index < -0.39 is 0 Å². The number of carbonyl (C=O) groups excluding carboxylic acids is 1. The Labute approximate surface area is 148 Å². The van der Waals surface area contributed by atoms with Crippen LogP contribution in [0, 0.1) is 20.8 Å². The van der Waals surface area contributed by atoms with Gasteiger partial charge in [0.1, 0.15) is 6.04 Å². The molecule has 0 aliphatic carbocycles. The first kappa shape index (κ1) is 17.1. The van der Waals surface area contributed by atoms with E-state index in [1.165, 1.54) is 39.8 Å². The highest BCUT2D eigenvalue weighted by Crippen LogP contribution is 2.36. The highest BCUT2D eigenvalue weighted by atomic mass is 32.2. The standard InChI is InChI=1S/C20H23NO2S/c1-13-9-14(2)19(15(3)10-13)24-21-12-17-8-6-5-7-16(17)11-18(21)20(22)23-4/h5-10,18H,11-12H2,1-4H3. The van der Waals surface area contributed by atoms with Crippen molar-refractivity contribution in [2.75, 3.05) is 7.11 Å². The lowest BCUT2D eigenvalue weighted by Crippen LogP contribution is -2.42. The van der Waals surface area contributed by atoms with E-state index in [0.717, 1.165) is 6.54 Å². The minimum Gasteiger partial charge on any atom is -0.468 e. The van der Waals surface area contributed by atoms with Crippen LogP contribution in [-0.4, -0.2) is 23.4 Å². The number of fused-ring (bicyclic) bond motifs is 1. The number of hydrogen-bond donors (Lipinski definition) is 0. The van der Waals surface area contributed by atoms with Crippen molar-refractivity contribution < 1.29 is 9.53 Å². The molecule has 2 aromatic rings. The molecule has 0 amide bonds. The molecule has 0 spiro atoms. The van der Waals surface area contributed by atoms with Crippen LogP contribution in [0.15, 0.2) is 41.3 Å². The van der Waals surface area contributed by atoms with Crippen LogP contribution in [0.5, 0.6) is 0 Å². The molecule has 0 radical (unpaired) electrons. The molecule has 0 bridgehead atoms. The molecule has 4 heteroatoms. The predicted octanol–water partition coefficient (Wildman–Crippen LogP) is 4.22. The molecular weight excluding hydrogens is 318 g/mol. The number of benzene rings is 2. The van der Waals surface area contributed by atoms with E-state index in [2.05, 4.69) is 55.4 Å². The van der Waals surface area contributed by atoms with Crippen molar-refractivity contribution in [1.29, 1.82) is 0 Å². The summed E-state index contributed by atoms with van der Waals surface area (Å²) in [5.74, 6) is -0.167. The third kappa shape index (κ3) is 3.35. The van der Waals surface area contributed by atoms with Gasteiger partial charge in [-0.05, 0) is 61.4 Å². The highest BCUT2D eigenvalue weighted by molar-refractivity contribution is 7.97. The molecule has 1 unspecified atom stereocenters. The van der Waals surface area contributed by atoms with E-state index in [-0.39, 0.29) is 12.0 Å². The molecule has 0 N–H and O–H groups in total. The van der Waals surface area contributed by atoms with E-state index in [9.17, 15) is 4.79 Å². The molecule has 126 valence electrons. The maximum Gasteiger partial charge on any atom is 0.324 e. The zero-order valence-electron chi connectivity index (χ0n) is 14.6. The first-order valence-corrected chi connectivity index (χ1v) is 8.94. The van der Waals surface area contributed by atoms with Crippen LogP contribution in [0.3, 0.4) is 0 Å². The summed E-state index contributed by atoms with van der Waals surface area (Å²) in [7, 11) is 1.47. The van der Waals surface area contributed by atoms with E-state index >= 15 is 0 Å². The lowest BCUT2D eigenvalue weighted by atomic mass is 9.96. The summed E-state index contributed by atoms with van der Waals surface area (Å²) in [4.78, 5) is 13.6. The van der Waals surface area contributed by atoms with E-state index in [1.807, 2.05) is 6.07 Å². The fraction of sp³-hybridized carbons (Fsp3) is 0.350. The van der Waals surface area contributed by atoms with Gasteiger partial charge in [-0.3, -0.25) is 4.79 Å². The zero-order chi connectivity index (χ0) is 17.3. The van der Waals surface area contributed by atoms with Crippen LogP contribution >= 0.6 is 11.9 Å². The summed E-state index contributed by atoms with van der Waals surface area (Å²) in [6.07, 6.45) is 0.694. The number of esters is 1. The molecule has 1 heterocycles. The molecule has 3 nitrogen and oxygen atoms in total. The van der Waals surface area contributed by atoms with Crippen LogP contribution < -0.4 is 0 Å². The number of rotatable bonds is 3. The minimum atomic E-state index is -0.255. The van der Waals surface area contributed by atoms with Gasteiger partial charge in [0, 0.05) is 11.4 Å². The van der Waals surface area contributed by atoms with Gasteiger partial charge in [0.15, 0.2) is 0 Å². The Morgan fingerprint density at radius 1 is 1.12 bits per heavy atom. The molecule has 1 aliphatic rings. The van der Waals surface area contributed by atoms with Crippen molar-refractivity contribution in [1.82, 2.24) is 4.31 Å². The molecule has 3 rings (SSSR count). The zero-order valence-corrected chi connectivity index (χ0v) is 15.4. The molecule has 0 saturated carbocycles. The quantitative estimate of drug-likeness (QED) is 0.617. The van der Waals surface area contributed by atoms with Crippen molar-refractivity contribution in [2.45, 2.75) is 44.7 Å². The van der Waals surface area contributed by atoms with Gasteiger partial charge in [0.2, 0.25) is 0 Å². The average molecular weight is 341 g/mol. The van der Waals surface area contributed by atoms with Crippen LogP contribution in [0.1, 0.15) is 27.8 Å². The molecule has 1 atom stereocenters. The lowest BCUT2D eigenvalue weighted by Gasteiger charge is -2.34. The van der Waals surface area contributed by atoms with Gasteiger partial charge in [-0.2, -0.15) is 0 Å². The fourth-order valence-corrected chi connectivity index (χ4v) is 4.49. The largest absolute Gasteiger partial charge is 0.468 e. The monoisotopic (exact) mass is 341 g/mol. The smallest absolute Gasteiger partial charge is 0.324 e. The molecule has 1 aliphatic heterocycles. The molecule has 0 aromatic heterocycles. The topological polar surface area (TPSA) is 29.5 Å². The van der Waals surface area contributed by atoms with Crippen molar-refractivity contribution >= 4 is 17.9 Å². The predicted molar refractivity (Wildman–Crippen MR) is 98.0 cm³/mol. The van der Waals surface area contributed by atoms with E-state index in [4.69, 9.17) is 4.74 Å². The van der Waals surface area contributed by atoms with Gasteiger partial charge in [-0.25, -0.2) is 4.31 Å². The maximum absolute atomic E-state index is 12.3. The summed E-state index contributed by atoms with van der Waals surface area (Å²) in [6.45, 7) is 7.12. The Kier molecular flexibility index (Phi) is 4.97. The van der Waals surface area contributed by atoms with Crippen molar-refractivity contribution in [2.24, 2.45) is 0 Å². The number of hydrogen-bond acceptors (Lipinski definition) is 4. The lowest BCUT2D eigenvalue weighted by molar-refractivity contribution is -0.145. The van der Waals surface area contributed by atoms with E-state index in [0.29, 0.717) is 6.42 Å². The van der Waals surface area contributed by atoms with Gasteiger partial charge in [-0.1, -0.05) is 42.0 Å². The molecule has 2 aromatic carbocycles. The third-order valence-electron chi connectivity index (χ3n) is 4.49. The molecular formula is C20H23NO2S. The number of ether oxygens (including phenoxy) is 1. The van der Waals surface area contributed by atoms with Gasteiger partial charge in [0.25, 0.3) is 0 Å². The molecule has 0 fully saturated rings. The Morgan fingerprint density at radius 2 is 1.75 bits per heavy atom. The molecule has 24 heavy (non-hydrogen) atoms. The third-order valence-corrected chi connectivity index (χ3v) is 5.94. The number of methoxy groups -OCH3 is 1. The number of aryl methyl sites for hydroxylation is 3. The van der Waals surface area contributed by atoms with Crippen LogP contribution in [0.4, 0.5) is 0 Å². The highest BCUT2D eigenvalue weighted by Gasteiger charge is 2.33. The fourth-order valence-electron chi connectivity index (χ4n) is 3.36. The maximum atomic E-state index is 12.3. The second-order valence-corrected chi connectivity index (χ2v) is 7.47. The number of nitrogens with zero attached hydrogens (tertiary/aromatic N) is 1. The van der Waals surface area contributed by atoms with Crippen LogP contribution in [0.2, 0.25) is 0 Å². The van der Waals surface area contributed by atoms with Gasteiger partial charge in [-0.15, -0.1) is 0 Å². The van der Waals surface area contributed by atoms with Gasteiger partial charge < -0.3 is 4.74 Å². The van der Waals surface area contributed by atoms with Crippen molar-refractivity contribution in [3.8, 4) is 0 Å². The average Bonchev–Trinajstić information content (AvgIpc) is 2.56. The second kappa shape index (κ2) is 6.99. The van der Waals surface area contributed by atoms with Gasteiger partial charge >= 0.3 is 5.97 Å². The second-order valence-electron chi connectivity index (χ2n) is 6.41. The van der Waals surface area contributed by atoms with Crippen LogP contribution in [-0.2, 0) is 22.5 Å². The summed E-state index contributed by atoms with van der Waals surface area (Å²) >= 11 is 1.67. The summed E-state index contributed by atoms with van der Waals surface area (Å²) in [5, 5.41) is 0. The van der Waals surface area contributed by atoms with E-state index in [1.54, 1.807) is 11.9 Å². The minimum absolute atomic E-state index is 0.167. The SMILES string of the molecule is COC(=O)C1Cc2ccccc2CN1Sc1c(C)cc(C)cc1C. The number of carbonyl (C=O) groups is 1. The van der Waals surface area contributed by atoms with Crippen molar-refractivity contribution in [3.63, 3.8) is 0 Å². The first-order chi connectivity index (χ1) is 11.5. The Hall–Kier alpha value is -1.78. The Balaban J connectivity index is 1.94. The summed E-state index contributed by atoms with van der Waals surface area (Å²) in [5.41, 5.74) is 6.29. The van der Waals surface area contributed by atoms with Crippen molar-refractivity contribution in [3.05, 3.63) is 64.2 Å². The molecule has 0 saturated heterocycles. The van der Waals surface area contributed by atoms with Crippen LogP contribution in [0.25, 0.3) is 0 Å². The summed E-state index contributed by atoms with van der Waals surface area (Å²) < 4.78 is 7.22. The Bertz CT molecular complexity index is 749. The first-order valence-electron chi connectivity index (χ1n) is 8.16. The summed E-state index contributed by atoms with van der Waals surface area (Å²) in [6, 6.07) is 12.5.